The van der Waals surface area contributed by atoms with Gasteiger partial charge < -0.3 is 30.2 Å². The van der Waals surface area contributed by atoms with Gasteiger partial charge in [-0.2, -0.15) is 0 Å². The zero-order valence-electron chi connectivity index (χ0n) is 17.2. The van der Waals surface area contributed by atoms with Crippen molar-refractivity contribution in [1.29, 1.82) is 0 Å². The van der Waals surface area contributed by atoms with Gasteiger partial charge in [0.25, 0.3) is 5.79 Å². The van der Waals surface area contributed by atoms with Gasteiger partial charge in [0, 0.05) is 29.7 Å². The first-order valence-corrected chi connectivity index (χ1v) is 9.29. The lowest BCUT2D eigenvalue weighted by atomic mass is 10.0. The molecular weight excluding hydrogens is 358 g/mol. The highest BCUT2D eigenvalue weighted by molar-refractivity contribution is 5.56. The lowest BCUT2D eigenvalue weighted by Crippen LogP contribution is -2.64. The van der Waals surface area contributed by atoms with Crippen LogP contribution in [0.15, 0.2) is 36.5 Å². The van der Waals surface area contributed by atoms with E-state index in [0.29, 0.717) is 24.3 Å². The molecule has 0 aliphatic rings. The van der Waals surface area contributed by atoms with Crippen LogP contribution >= 0.6 is 0 Å². The number of benzene rings is 1. The Labute approximate surface area is 166 Å². The average Bonchev–Trinajstić information content (AvgIpc) is 2.59. The van der Waals surface area contributed by atoms with E-state index in [2.05, 4.69) is 4.98 Å². The van der Waals surface area contributed by atoms with Gasteiger partial charge in [0.05, 0.1) is 0 Å². The highest BCUT2D eigenvalue weighted by atomic mass is 16.6. The lowest BCUT2D eigenvalue weighted by Gasteiger charge is -2.44. The highest BCUT2D eigenvalue weighted by Crippen LogP contribution is 2.36. The third-order valence-corrected chi connectivity index (χ3v) is 4.79. The van der Waals surface area contributed by atoms with Gasteiger partial charge in [-0.15, -0.1) is 0 Å². The normalized spacial score (nSPS) is 12.5. The molecule has 1 aromatic carbocycles. The first-order valence-electron chi connectivity index (χ1n) is 9.29. The van der Waals surface area contributed by atoms with Crippen molar-refractivity contribution >= 4 is 5.69 Å². The fraction of sp³-hybridized carbons (Fsp3) is 0.476. The maximum atomic E-state index is 11.0. The number of aryl methyl sites for hydroxylation is 3. The van der Waals surface area contributed by atoms with Gasteiger partial charge in [0.1, 0.15) is 0 Å². The Morgan fingerprint density at radius 2 is 1.61 bits per heavy atom. The molecule has 1 heterocycles. The van der Waals surface area contributed by atoms with Crippen molar-refractivity contribution in [2.75, 3.05) is 32.1 Å². The number of anilines is 1. The van der Waals surface area contributed by atoms with Gasteiger partial charge in [0.15, 0.2) is 0 Å². The second kappa shape index (κ2) is 8.55. The van der Waals surface area contributed by atoms with Crippen LogP contribution < -0.4 is 4.90 Å². The van der Waals surface area contributed by atoms with Crippen LogP contribution in [0.2, 0.25) is 0 Å². The van der Waals surface area contributed by atoms with Crippen LogP contribution in [0.1, 0.15) is 28.8 Å². The van der Waals surface area contributed by atoms with Crippen molar-refractivity contribution in [3.05, 3.63) is 58.9 Å². The van der Waals surface area contributed by atoms with E-state index >= 15 is 0 Å². The minimum atomic E-state index is -2.98. The van der Waals surface area contributed by atoms with Crippen LogP contribution in [-0.4, -0.2) is 63.4 Å². The molecule has 0 atom stereocenters. The molecule has 2 aromatic rings. The fourth-order valence-electron chi connectivity index (χ4n) is 3.15. The number of pyridine rings is 1. The first kappa shape index (κ1) is 22.3. The van der Waals surface area contributed by atoms with E-state index in [0.717, 1.165) is 11.1 Å². The number of rotatable bonds is 8. The molecule has 7 nitrogen and oxygen atoms in total. The molecule has 0 saturated carbocycles. The molecule has 2 rings (SSSR count). The molecule has 0 radical (unpaired) electrons. The second-order valence-corrected chi connectivity index (χ2v) is 7.59. The van der Waals surface area contributed by atoms with Crippen LogP contribution in [0.3, 0.4) is 0 Å². The van der Waals surface area contributed by atoms with Crippen LogP contribution in [0.5, 0.6) is 0 Å². The molecule has 0 saturated heterocycles. The fourth-order valence-corrected chi connectivity index (χ4v) is 3.15. The predicted molar refractivity (Wildman–Crippen MR) is 109 cm³/mol. The maximum Gasteiger partial charge on any atom is 0.308 e. The van der Waals surface area contributed by atoms with Crippen molar-refractivity contribution in [3.8, 4) is 0 Å². The SMILES string of the molecule is Cc1ccc(N(CCCN(C)C)C(O)(O)C(O)(O)c2ccc(C)nc2)c(C)c1. The van der Waals surface area contributed by atoms with Gasteiger partial charge >= 0.3 is 5.91 Å². The molecule has 0 aliphatic heterocycles. The van der Waals surface area contributed by atoms with E-state index < -0.39 is 11.7 Å². The van der Waals surface area contributed by atoms with E-state index in [1.165, 1.54) is 17.2 Å². The smallest absolute Gasteiger partial charge is 0.308 e. The zero-order valence-corrected chi connectivity index (χ0v) is 17.2. The van der Waals surface area contributed by atoms with Gasteiger partial charge in [0.2, 0.25) is 0 Å². The van der Waals surface area contributed by atoms with E-state index in [1.807, 2.05) is 45.0 Å². The summed E-state index contributed by atoms with van der Waals surface area (Å²) in [6, 6.07) is 8.52. The molecule has 28 heavy (non-hydrogen) atoms. The molecule has 4 N–H and O–H groups in total. The van der Waals surface area contributed by atoms with Crippen LogP contribution in [0, 0.1) is 20.8 Å². The number of nitrogens with zero attached hydrogens (tertiary/aromatic N) is 3. The lowest BCUT2D eigenvalue weighted by molar-refractivity contribution is -0.365. The van der Waals surface area contributed by atoms with Crippen LogP contribution in [0.4, 0.5) is 5.69 Å². The van der Waals surface area contributed by atoms with E-state index in [1.54, 1.807) is 19.1 Å². The van der Waals surface area contributed by atoms with Crippen molar-refractivity contribution in [2.24, 2.45) is 0 Å². The summed E-state index contributed by atoms with van der Waals surface area (Å²) in [4.78, 5) is 7.24. The maximum absolute atomic E-state index is 11.0. The minimum absolute atomic E-state index is 0.106. The molecule has 0 amide bonds. The number of aliphatic hydroxyl groups is 4. The zero-order chi connectivity index (χ0) is 21.1. The Morgan fingerprint density at radius 1 is 0.929 bits per heavy atom. The summed E-state index contributed by atoms with van der Waals surface area (Å²) >= 11 is 0. The van der Waals surface area contributed by atoms with Crippen molar-refractivity contribution in [3.63, 3.8) is 0 Å². The molecular formula is C21H31N3O4. The monoisotopic (exact) mass is 389 g/mol. The Bertz CT molecular complexity index is 789. The third-order valence-electron chi connectivity index (χ3n) is 4.79. The summed E-state index contributed by atoms with van der Waals surface area (Å²) in [5, 5.41) is 43.5. The van der Waals surface area contributed by atoms with E-state index in [-0.39, 0.29) is 12.1 Å². The van der Waals surface area contributed by atoms with Gasteiger partial charge in [-0.25, -0.2) is 0 Å². The van der Waals surface area contributed by atoms with Crippen molar-refractivity contribution < 1.29 is 20.4 Å². The Kier molecular flexibility index (Phi) is 6.80. The molecule has 0 spiro atoms. The van der Waals surface area contributed by atoms with Gasteiger partial charge in [-0.1, -0.05) is 23.8 Å². The highest BCUT2D eigenvalue weighted by Gasteiger charge is 2.54. The molecule has 154 valence electrons. The standard InChI is InChI=1S/C21H31N3O4/c1-15-7-10-19(16(2)13-15)24(12-6-11-23(4)5)21(27,28)20(25,26)18-9-8-17(3)22-14-18/h7-10,13-14,25-28H,6,11-12H2,1-5H3. The van der Waals surface area contributed by atoms with E-state index in [4.69, 9.17) is 0 Å². The van der Waals surface area contributed by atoms with Gasteiger partial charge in [-0.05, 0) is 65.5 Å². The summed E-state index contributed by atoms with van der Waals surface area (Å²) < 4.78 is 0. The summed E-state index contributed by atoms with van der Waals surface area (Å²) in [5.41, 5.74) is 2.92. The Balaban J connectivity index is 2.47. The molecule has 1 aromatic heterocycles. The summed E-state index contributed by atoms with van der Waals surface area (Å²) in [6.45, 7) is 6.46. The van der Waals surface area contributed by atoms with Crippen LogP contribution in [-0.2, 0) is 5.79 Å². The van der Waals surface area contributed by atoms with E-state index in [9.17, 15) is 20.4 Å². The number of hydrogen-bond donors (Lipinski definition) is 4. The predicted octanol–water partition coefficient (Wildman–Crippen LogP) is 1.24. The van der Waals surface area contributed by atoms with Crippen molar-refractivity contribution in [1.82, 2.24) is 9.88 Å². The third kappa shape index (κ3) is 4.68. The minimum Gasteiger partial charge on any atom is -0.356 e. The topological polar surface area (TPSA) is 100 Å². The number of hydrogen-bond acceptors (Lipinski definition) is 7. The first-order chi connectivity index (χ1) is 13.0. The second-order valence-electron chi connectivity index (χ2n) is 7.59. The molecule has 0 fully saturated rings. The van der Waals surface area contributed by atoms with Crippen LogP contribution in [0.25, 0.3) is 0 Å². The Morgan fingerprint density at radius 3 is 2.14 bits per heavy atom. The molecule has 0 unspecified atom stereocenters. The van der Waals surface area contributed by atoms with Gasteiger partial charge in [-0.3, -0.25) is 4.98 Å². The molecule has 0 aliphatic carbocycles. The van der Waals surface area contributed by atoms with Crippen molar-refractivity contribution in [2.45, 2.75) is 38.9 Å². The summed E-state index contributed by atoms with van der Waals surface area (Å²) in [7, 11) is 3.85. The largest absolute Gasteiger partial charge is 0.356 e. The molecule has 0 bridgehead atoms. The average molecular weight is 389 g/mol. The quantitative estimate of drug-likeness (QED) is 0.504. The Hall–Kier alpha value is -2.03. The summed E-state index contributed by atoms with van der Waals surface area (Å²) in [5.74, 6) is -5.93. The number of aromatic nitrogens is 1. The molecule has 7 heteroatoms. The summed E-state index contributed by atoms with van der Waals surface area (Å²) in [6.07, 6.45) is 1.82.